The number of carboxylic acid groups (broad SMARTS) is 1. The summed E-state index contributed by atoms with van der Waals surface area (Å²) in [7, 11) is 0. The first-order valence-electron chi connectivity index (χ1n) is 4.72. The Morgan fingerprint density at radius 3 is 2.85 bits per heavy atom. The van der Waals surface area contributed by atoms with Crippen molar-refractivity contribution in [3.05, 3.63) is 11.6 Å². The van der Waals surface area contributed by atoms with Crippen LogP contribution in [0, 0.1) is 0 Å². The molecule has 1 N–H and O–H groups in total. The first-order valence-corrected chi connectivity index (χ1v) is 4.72. The van der Waals surface area contributed by atoms with E-state index in [1.54, 1.807) is 13.0 Å². The van der Waals surface area contributed by atoms with Gasteiger partial charge in [0.05, 0.1) is 12.7 Å². The summed E-state index contributed by atoms with van der Waals surface area (Å²) in [5.74, 6) is -0.814. The Kier molecular flexibility index (Phi) is 3.96. The van der Waals surface area contributed by atoms with Crippen molar-refractivity contribution in [3.8, 4) is 0 Å². The SMILES string of the molecule is CC(=CCCCCC1CO1)C(=O)O. The molecule has 3 heteroatoms. The smallest absolute Gasteiger partial charge is 0.330 e. The van der Waals surface area contributed by atoms with Crippen molar-refractivity contribution >= 4 is 5.97 Å². The van der Waals surface area contributed by atoms with Gasteiger partial charge in [-0.3, -0.25) is 0 Å². The molecule has 1 aliphatic heterocycles. The standard InChI is InChI=1S/C10H16O3/c1-8(10(11)12)5-3-2-4-6-9-7-13-9/h5,9H,2-4,6-7H2,1H3,(H,11,12). The number of rotatable bonds is 6. The molecule has 0 radical (unpaired) electrons. The molecule has 0 aliphatic carbocycles. The number of carboxylic acids is 1. The van der Waals surface area contributed by atoms with Gasteiger partial charge in [-0.2, -0.15) is 0 Å². The number of carbonyl (C=O) groups is 1. The highest BCUT2D eigenvalue weighted by Crippen LogP contribution is 2.17. The van der Waals surface area contributed by atoms with Crippen molar-refractivity contribution in [2.24, 2.45) is 0 Å². The van der Waals surface area contributed by atoms with Crippen LogP contribution in [0.15, 0.2) is 11.6 Å². The molecule has 3 nitrogen and oxygen atoms in total. The Labute approximate surface area is 78.4 Å². The second-order valence-corrected chi connectivity index (χ2v) is 3.43. The molecule has 1 heterocycles. The van der Waals surface area contributed by atoms with Gasteiger partial charge in [-0.1, -0.05) is 12.5 Å². The predicted octanol–water partition coefficient (Wildman–Crippen LogP) is 1.98. The molecule has 0 aromatic rings. The maximum atomic E-state index is 10.4. The fraction of sp³-hybridized carbons (Fsp3) is 0.700. The molecule has 0 aromatic heterocycles. The van der Waals surface area contributed by atoms with Crippen LogP contribution in [0.1, 0.15) is 32.6 Å². The minimum absolute atomic E-state index is 0.447. The number of epoxide rings is 1. The fourth-order valence-electron chi connectivity index (χ4n) is 1.16. The van der Waals surface area contributed by atoms with E-state index in [0.717, 1.165) is 32.3 Å². The normalized spacial score (nSPS) is 21.6. The zero-order valence-corrected chi connectivity index (χ0v) is 7.95. The van der Waals surface area contributed by atoms with E-state index in [4.69, 9.17) is 9.84 Å². The van der Waals surface area contributed by atoms with Crippen LogP contribution < -0.4 is 0 Å². The third-order valence-electron chi connectivity index (χ3n) is 2.17. The van der Waals surface area contributed by atoms with E-state index in [0.29, 0.717) is 11.7 Å². The molecular formula is C10H16O3. The third-order valence-corrected chi connectivity index (χ3v) is 2.17. The Hall–Kier alpha value is -0.830. The van der Waals surface area contributed by atoms with Gasteiger partial charge in [0.1, 0.15) is 0 Å². The molecule has 0 bridgehead atoms. The van der Waals surface area contributed by atoms with Crippen LogP contribution in [0.25, 0.3) is 0 Å². The minimum Gasteiger partial charge on any atom is -0.478 e. The van der Waals surface area contributed by atoms with E-state index in [2.05, 4.69) is 0 Å². The van der Waals surface area contributed by atoms with Crippen LogP contribution >= 0.6 is 0 Å². The quantitative estimate of drug-likeness (QED) is 0.390. The average molecular weight is 184 g/mol. The molecule has 74 valence electrons. The van der Waals surface area contributed by atoms with Gasteiger partial charge in [-0.25, -0.2) is 4.79 Å². The summed E-state index contributed by atoms with van der Waals surface area (Å²) in [5, 5.41) is 8.55. The summed E-state index contributed by atoms with van der Waals surface area (Å²) >= 11 is 0. The molecule has 1 unspecified atom stereocenters. The second-order valence-electron chi connectivity index (χ2n) is 3.43. The van der Waals surface area contributed by atoms with E-state index in [9.17, 15) is 4.79 Å². The van der Waals surface area contributed by atoms with Gasteiger partial charge in [-0.05, 0) is 26.2 Å². The van der Waals surface area contributed by atoms with Gasteiger partial charge in [0.2, 0.25) is 0 Å². The highest BCUT2D eigenvalue weighted by atomic mass is 16.6. The highest BCUT2D eigenvalue weighted by Gasteiger charge is 2.20. The monoisotopic (exact) mass is 184 g/mol. The van der Waals surface area contributed by atoms with E-state index in [1.807, 2.05) is 0 Å². The maximum Gasteiger partial charge on any atom is 0.330 e. The molecule has 0 aromatic carbocycles. The zero-order valence-electron chi connectivity index (χ0n) is 7.95. The Bertz CT molecular complexity index is 204. The van der Waals surface area contributed by atoms with Crippen LogP contribution in [-0.2, 0) is 9.53 Å². The number of ether oxygens (including phenoxy) is 1. The number of unbranched alkanes of at least 4 members (excludes halogenated alkanes) is 2. The number of aliphatic carboxylic acids is 1. The summed E-state index contributed by atoms with van der Waals surface area (Å²) in [6.45, 7) is 2.55. The highest BCUT2D eigenvalue weighted by molar-refractivity contribution is 5.85. The average Bonchev–Trinajstić information content (AvgIpc) is 2.87. The summed E-state index contributed by atoms with van der Waals surface area (Å²) in [5.41, 5.74) is 0.447. The van der Waals surface area contributed by atoms with Crippen molar-refractivity contribution in [2.75, 3.05) is 6.61 Å². The van der Waals surface area contributed by atoms with Crippen LogP contribution in [0.2, 0.25) is 0 Å². The second kappa shape index (κ2) is 5.02. The van der Waals surface area contributed by atoms with Gasteiger partial charge < -0.3 is 9.84 Å². The Balaban J connectivity index is 1.98. The minimum atomic E-state index is -0.814. The lowest BCUT2D eigenvalue weighted by molar-refractivity contribution is -0.132. The first kappa shape index (κ1) is 10.3. The van der Waals surface area contributed by atoms with Gasteiger partial charge in [0.25, 0.3) is 0 Å². The van der Waals surface area contributed by atoms with E-state index in [1.165, 1.54) is 0 Å². The molecule has 1 rings (SSSR count). The van der Waals surface area contributed by atoms with Crippen LogP contribution in [0.4, 0.5) is 0 Å². The summed E-state index contributed by atoms with van der Waals surface area (Å²) < 4.78 is 5.06. The summed E-state index contributed by atoms with van der Waals surface area (Å²) in [6, 6.07) is 0. The lowest BCUT2D eigenvalue weighted by Gasteiger charge is -1.95. The maximum absolute atomic E-state index is 10.4. The summed E-state index contributed by atoms with van der Waals surface area (Å²) in [4.78, 5) is 10.4. The summed E-state index contributed by atoms with van der Waals surface area (Å²) in [6.07, 6.45) is 6.48. The molecule has 1 fully saturated rings. The van der Waals surface area contributed by atoms with Gasteiger partial charge in [0.15, 0.2) is 0 Å². The van der Waals surface area contributed by atoms with Crippen molar-refractivity contribution < 1.29 is 14.6 Å². The molecule has 0 spiro atoms. The molecule has 1 aliphatic rings. The van der Waals surface area contributed by atoms with E-state index >= 15 is 0 Å². The predicted molar refractivity (Wildman–Crippen MR) is 49.6 cm³/mol. The van der Waals surface area contributed by atoms with Crippen molar-refractivity contribution in [3.63, 3.8) is 0 Å². The topological polar surface area (TPSA) is 49.8 Å². The molecular weight excluding hydrogens is 168 g/mol. The number of allylic oxidation sites excluding steroid dienone is 1. The lowest BCUT2D eigenvalue weighted by atomic mass is 10.1. The first-order chi connectivity index (χ1) is 6.20. The molecule has 1 saturated heterocycles. The molecule has 1 atom stereocenters. The van der Waals surface area contributed by atoms with Crippen LogP contribution in [-0.4, -0.2) is 23.8 Å². The molecule has 0 saturated carbocycles. The van der Waals surface area contributed by atoms with Crippen molar-refractivity contribution in [1.29, 1.82) is 0 Å². The zero-order chi connectivity index (χ0) is 9.68. The van der Waals surface area contributed by atoms with Gasteiger partial charge >= 0.3 is 5.97 Å². The molecule has 13 heavy (non-hydrogen) atoms. The third kappa shape index (κ3) is 4.68. The van der Waals surface area contributed by atoms with E-state index < -0.39 is 5.97 Å². The molecule has 0 amide bonds. The van der Waals surface area contributed by atoms with Gasteiger partial charge in [0, 0.05) is 5.57 Å². The Morgan fingerprint density at radius 2 is 2.31 bits per heavy atom. The largest absolute Gasteiger partial charge is 0.478 e. The number of hydrogen-bond donors (Lipinski definition) is 1. The fourth-order valence-corrected chi connectivity index (χ4v) is 1.16. The number of hydrogen-bond acceptors (Lipinski definition) is 2. The van der Waals surface area contributed by atoms with E-state index in [-0.39, 0.29) is 0 Å². The Morgan fingerprint density at radius 1 is 1.62 bits per heavy atom. The lowest BCUT2D eigenvalue weighted by Crippen LogP contribution is -1.95. The van der Waals surface area contributed by atoms with Crippen LogP contribution in [0.5, 0.6) is 0 Å². The van der Waals surface area contributed by atoms with Crippen molar-refractivity contribution in [1.82, 2.24) is 0 Å². The van der Waals surface area contributed by atoms with Crippen LogP contribution in [0.3, 0.4) is 0 Å². The van der Waals surface area contributed by atoms with Crippen molar-refractivity contribution in [2.45, 2.75) is 38.7 Å². The van der Waals surface area contributed by atoms with Gasteiger partial charge in [-0.15, -0.1) is 0 Å².